The van der Waals surface area contributed by atoms with Crippen molar-refractivity contribution in [2.45, 2.75) is 18.9 Å². The average Bonchev–Trinajstić information content (AvgIpc) is 2.39. The molecule has 1 unspecified atom stereocenters. The molecule has 3 heteroatoms. The Morgan fingerprint density at radius 2 is 2.00 bits per heavy atom. The lowest BCUT2D eigenvalue weighted by Gasteiger charge is -2.27. The van der Waals surface area contributed by atoms with Gasteiger partial charge in [0.15, 0.2) is 0 Å². The first-order chi connectivity index (χ1) is 8.18. The standard InChI is InChI=1S/C14H14FNO/c1-2-14(17,11-6-5-9-16-10-11)12-7-3-4-8-13(12)15/h3-10,17H,2H2,1H3. The summed E-state index contributed by atoms with van der Waals surface area (Å²) in [4.78, 5) is 3.97. The normalized spacial score (nSPS) is 14.3. The van der Waals surface area contributed by atoms with Gasteiger partial charge in [-0.25, -0.2) is 4.39 Å². The fourth-order valence-electron chi connectivity index (χ4n) is 1.95. The predicted molar refractivity (Wildman–Crippen MR) is 63.9 cm³/mol. The van der Waals surface area contributed by atoms with Crippen LogP contribution in [0.25, 0.3) is 0 Å². The lowest BCUT2D eigenvalue weighted by atomic mass is 9.85. The van der Waals surface area contributed by atoms with E-state index in [-0.39, 0.29) is 5.56 Å². The van der Waals surface area contributed by atoms with E-state index in [1.54, 1.807) is 42.7 Å². The first kappa shape index (κ1) is 11.7. The summed E-state index contributed by atoms with van der Waals surface area (Å²) in [5.41, 5.74) is -0.428. The highest BCUT2D eigenvalue weighted by molar-refractivity contribution is 5.35. The topological polar surface area (TPSA) is 33.1 Å². The third kappa shape index (κ3) is 2.06. The molecule has 1 atom stereocenters. The Hall–Kier alpha value is -1.74. The van der Waals surface area contributed by atoms with Gasteiger partial charge < -0.3 is 5.11 Å². The molecule has 1 N–H and O–H groups in total. The number of benzene rings is 1. The number of hydrogen-bond acceptors (Lipinski definition) is 2. The summed E-state index contributed by atoms with van der Waals surface area (Å²) in [6.07, 6.45) is 3.58. The van der Waals surface area contributed by atoms with Crippen LogP contribution in [0, 0.1) is 5.82 Å². The third-order valence-corrected chi connectivity index (χ3v) is 2.97. The van der Waals surface area contributed by atoms with Crippen molar-refractivity contribution >= 4 is 0 Å². The van der Waals surface area contributed by atoms with Crippen LogP contribution in [0.3, 0.4) is 0 Å². The number of halogens is 1. The summed E-state index contributed by atoms with van der Waals surface area (Å²) in [7, 11) is 0. The van der Waals surface area contributed by atoms with Gasteiger partial charge in [-0.2, -0.15) is 0 Å². The van der Waals surface area contributed by atoms with Gasteiger partial charge in [0.05, 0.1) is 0 Å². The van der Waals surface area contributed by atoms with Crippen LogP contribution < -0.4 is 0 Å². The summed E-state index contributed by atoms with van der Waals surface area (Å²) >= 11 is 0. The first-order valence-corrected chi connectivity index (χ1v) is 5.56. The molecule has 0 amide bonds. The number of nitrogens with zero attached hydrogens (tertiary/aromatic N) is 1. The van der Waals surface area contributed by atoms with Gasteiger partial charge in [0.25, 0.3) is 0 Å². The van der Waals surface area contributed by atoms with Crippen molar-refractivity contribution in [2.75, 3.05) is 0 Å². The molecule has 17 heavy (non-hydrogen) atoms. The number of hydrogen-bond donors (Lipinski definition) is 1. The minimum Gasteiger partial charge on any atom is -0.380 e. The summed E-state index contributed by atoms with van der Waals surface area (Å²) in [6.45, 7) is 1.82. The van der Waals surface area contributed by atoms with Crippen LogP contribution in [0.1, 0.15) is 24.5 Å². The molecule has 2 nitrogen and oxygen atoms in total. The Labute approximate surface area is 99.8 Å². The highest BCUT2D eigenvalue weighted by Crippen LogP contribution is 2.33. The van der Waals surface area contributed by atoms with Crippen LogP contribution in [0.15, 0.2) is 48.8 Å². The largest absolute Gasteiger partial charge is 0.380 e. The van der Waals surface area contributed by atoms with Crippen molar-refractivity contribution in [1.29, 1.82) is 0 Å². The van der Waals surface area contributed by atoms with E-state index in [0.717, 1.165) is 0 Å². The van der Waals surface area contributed by atoms with Gasteiger partial charge in [-0.15, -0.1) is 0 Å². The predicted octanol–water partition coefficient (Wildman–Crippen LogP) is 2.87. The number of aliphatic hydroxyl groups is 1. The van der Waals surface area contributed by atoms with E-state index in [4.69, 9.17) is 0 Å². The van der Waals surface area contributed by atoms with Crippen LogP contribution in [-0.4, -0.2) is 10.1 Å². The average molecular weight is 231 g/mol. The molecule has 1 aromatic carbocycles. The van der Waals surface area contributed by atoms with Gasteiger partial charge in [-0.05, 0) is 18.6 Å². The highest BCUT2D eigenvalue weighted by Gasteiger charge is 2.32. The lowest BCUT2D eigenvalue weighted by Crippen LogP contribution is -2.27. The fourth-order valence-corrected chi connectivity index (χ4v) is 1.95. The summed E-state index contributed by atoms with van der Waals surface area (Å²) in [5, 5.41) is 10.7. The van der Waals surface area contributed by atoms with Crippen LogP contribution in [0.4, 0.5) is 4.39 Å². The number of pyridine rings is 1. The quantitative estimate of drug-likeness (QED) is 0.881. The molecule has 2 aromatic rings. The molecule has 0 saturated heterocycles. The molecule has 1 heterocycles. The molecule has 1 aromatic heterocycles. The maximum absolute atomic E-state index is 13.8. The number of rotatable bonds is 3. The van der Waals surface area contributed by atoms with Gasteiger partial charge >= 0.3 is 0 Å². The monoisotopic (exact) mass is 231 g/mol. The Kier molecular flexibility index (Phi) is 3.20. The van der Waals surface area contributed by atoms with Crippen molar-refractivity contribution in [3.8, 4) is 0 Å². The SMILES string of the molecule is CCC(O)(c1cccnc1)c1ccccc1F. The maximum atomic E-state index is 13.8. The fraction of sp³-hybridized carbons (Fsp3) is 0.214. The van der Waals surface area contributed by atoms with E-state index < -0.39 is 11.4 Å². The van der Waals surface area contributed by atoms with Crippen molar-refractivity contribution in [3.05, 3.63) is 65.7 Å². The Bertz CT molecular complexity index is 501. The summed E-state index contributed by atoms with van der Waals surface area (Å²) < 4.78 is 13.8. The second-order valence-corrected chi connectivity index (χ2v) is 3.94. The Balaban J connectivity index is 2.56. The first-order valence-electron chi connectivity index (χ1n) is 5.56. The molecule has 0 fully saturated rings. The summed E-state index contributed by atoms with van der Waals surface area (Å²) in [5.74, 6) is -0.402. The van der Waals surface area contributed by atoms with E-state index in [1.807, 2.05) is 6.92 Å². The number of aromatic nitrogens is 1. The molecule has 0 spiro atoms. The van der Waals surface area contributed by atoms with Gasteiger partial charge in [-0.1, -0.05) is 31.2 Å². The Morgan fingerprint density at radius 3 is 2.59 bits per heavy atom. The zero-order valence-electron chi connectivity index (χ0n) is 9.60. The smallest absolute Gasteiger partial charge is 0.129 e. The van der Waals surface area contributed by atoms with Crippen molar-refractivity contribution in [3.63, 3.8) is 0 Å². The molecule has 88 valence electrons. The molecule has 0 aliphatic rings. The van der Waals surface area contributed by atoms with E-state index >= 15 is 0 Å². The maximum Gasteiger partial charge on any atom is 0.129 e. The minimum absolute atomic E-state index is 0.288. The molecular formula is C14H14FNO. The summed E-state index contributed by atoms with van der Waals surface area (Å²) in [6, 6.07) is 9.77. The van der Waals surface area contributed by atoms with Crippen molar-refractivity contribution in [2.24, 2.45) is 0 Å². The second-order valence-electron chi connectivity index (χ2n) is 3.94. The van der Waals surface area contributed by atoms with Crippen LogP contribution >= 0.6 is 0 Å². The molecular weight excluding hydrogens is 217 g/mol. The van der Waals surface area contributed by atoms with Crippen LogP contribution in [0.5, 0.6) is 0 Å². The third-order valence-electron chi connectivity index (χ3n) is 2.97. The van der Waals surface area contributed by atoms with Gasteiger partial charge in [0.2, 0.25) is 0 Å². The van der Waals surface area contributed by atoms with E-state index in [1.165, 1.54) is 6.07 Å². The minimum atomic E-state index is -1.32. The highest BCUT2D eigenvalue weighted by atomic mass is 19.1. The zero-order valence-corrected chi connectivity index (χ0v) is 9.60. The molecule has 0 saturated carbocycles. The van der Waals surface area contributed by atoms with E-state index in [0.29, 0.717) is 12.0 Å². The van der Waals surface area contributed by atoms with Crippen molar-refractivity contribution < 1.29 is 9.50 Å². The second kappa shape index (κ2) is 4.63. The zero-order chi connectivity index (χ0) is 12.3. The van der Waals surface area contributed by atoms with Gasteiger partial charge in [0, 0.05) is 23.5 Å². The van der Waals surface area contributed by atoms with Gasteiger partial charge in [0.1, 0.15) is 11.4 Å². The van der Waals surface area contributed by atoms with Crippen molar-refractivity contribution in [1.82, 2.24) is 4.98 Å². The molecule has 0 bridgehead atoms. The molecule has 0 aliphatic carbocycles. The molecule has 0 aliphatic heterocycles. The molecule has 0 radical (unpaired) electrons. The lowest BCUT2D eigenvalue weighted by molar-refractivity contribution is 0.0722. The van der Waals surface area contributed by atoms with Crippen LogP contribution in [0.2, 0.25) is 0 Å². The molecule has 2 rings (SSSR count). The van der Waals surface area contributed by atoms with Gasteiger partial charge in [-0.3, -0.25) is 4.98 Å². The van der Waals surface area contributed by atoms with E-state index in [2.05, 4.69) is 4.98 Å². The Morgan fingerprint density at radius 1 is 1.24 bits per heavy atom. The van der Waals surface area contributed by atoms with Crippen LogP contribution in [-0.2, 0) is 5.60 Å². The van der Waals surface area contributed by atoms with E-state index in [9.17, 15) is 9.50 Å².